The molecule has 0 unspecified atom stereocenters. The fraction of sp³-hybridized carbons (Fsp3) is 0.231. The molecule has 1 heterocycles. The number of fused-ring (bicyclic) bond motifs is 1. The van der Waals surface area contributed by atoms with Crippen LogP contribution in [0.5, 0.6) is 0 Å². The van der Waals surface area contributed by atoms with Gasteiger partial charge in [-0.1, -0.05) is 25.1 Å². The van der Waals surface area contributed by atoms with E-state index in [1.165, 1.54) is 0 Å². The average Bonchev–Trinajstić information content (AvgIpc) is 2.28. The third-order valence-electron chi connectivity index (χ3n) is 2.61. The van der Waals surface area contributed by atoms with Gasteiger partial charge in [-0.15, -0.1) is 0 Å². The zero-order valence-corrected chi connectivity index (χ0v) is 9.05. The molecule has 0 aliphatic carbocycles. The molecule has 0 amide bonds. The number of benzene rings is 1. The Morgan fingerprint density at radius 3 is 2.94 bits per heavy atom. The molecular weight excluding hydrogens is 202 g/mol. The van der Waals surface area contributed by atoms with Crippen LogP contribution in [-0.4, -0.2) is 16.1 Å². The summed E-state index contributed by atoms with van der Waals surface area (Å²) in [6.45, 7) is 1.71. The number of aromatic nitrogens is 1. The van der Waals surface area contributed by atoms with Gasteiger partial charge in [0.1, 0.15) is 0 Å². The van der Waals surface area contributed by atoms with Crippen LogP contribution in [0.3, 0.4) is 0 Å². The molecule has 82 valence electrons. The topological polar surface area (TPSA) is 50.2 Å². The third kappa shape index (κ3) is 2.19. The maximum Gasteiger partial charge on any atom is 0.306 e. The Morgan fingerprint density at radius 2 is 2.19 bits per heavy atom. The first-order valence-corrected chi connectivity index (χ1v) is 5.23. The minimum Gasteiger partial charge on any atom is -0.481 e. The highest BCUT2D eigenvalue weighted by molar-refractivity contribution is 5.79. The van der Waals surface area contributed by atoms with E-state index in [4.69, 9.17) is 5.11 Å². The summed E-state index contributed by atoms with van der Waals surface area (Å²) in [6, 6.07) is 9.82. The second-order valence-corrected chi connectivity index (χ2v) is 3.98. The monoisotopic (exact) mass is 215 g/mol. The molecule has 2 aromatic rings. The second-order valence-electron chi connectivity index (χ2n) is 3.98. The van der Waals surface area contributed by atoms with Crippen molar-refractivity contribution in [3.8, 4) is 0 Å². The van der Waals surface area contributed by atoms with E-state index in [2.05, 4.69) is 4.98 Å². The Bertz CT molecular complexity index is 522. The van der Waals surface area contributed by atoms with Crippen molar-refractivity contribution < 1.29 is 9.90 Å². The van der Waals surface area contributed by atoms with E-state index in [0.29, 0.717) is 6.42 Å². The Balaban J connectivity index is 2.29. The zero-order valence-electron chi connectivity index (χ0n) is 9.05. The lowest BCUT2D eigenvalue weighted by atomic mass is 10.0. The molecule has 0 spiro atoms. The molecule has 1 atom stereocenters. The van der Waals surface area contributed by atoms with Crippen molar-refractivity contribution in [1.29, 1.82) is 0 Å². The van der Waals surface area contributed by atoms with Gasteiger partial charge in [0.2, 0.25) is 0 Å². The van der Waals surface area contributed by atoms with Gasteiger partial charge in [-0.2, -0.15) is 0 Å². The number of rotatable bonds is 3. The molecule has 0 aliphatic heterocycles. The van der Waals surface area contributed by atoms with Gasteiger partial charge >= 0.3 is 5.97 Å². The van der Waals surface area contributed by atoms with E-state index < -0.39 is 5.97 Å². The van der Waals surface area contributed by atoms with Crippen LogP contribution >= 0.6 is 0 Å². The highest BCUT2D eigenvalue weighted by Gasteiger charge is 2.11. The zero-order chi connectivity index (χ0) is 11.5. The Kier molecular flexibility index (Phi) is 2.86. The van der Waals surface area contributed by atoms with E-state index in [0.717, 1.165) is 16.5 Å². The van der Waals surface area contributed by atoms with Crippen molar-refractivity contribution in [2.24, 2.45) is 5.92 Å². The van der Waals surface area contributed by atoms with Gasteiger partial charge in [0, 0.05) is 11.6 Å². The lowest BCUT2D eigenvalue weighted by Gasteiger charge is -2.06. The maximum absolute atomic E-state index is 10.7. The molecule has 0 radical (unpaired) electrons. The summed E-state index contributed by atoms with van der Waals surface area (Å²) in [5, 5.41) is 9.89. The summed E-state index contributed by atoms with van der Waals surface area (Å²) in [5.41, 5.74) is 1.91. The lowest BCUT2D eigenvalue weighted by molar-refractivity contribution is -0.141. The minimum atomic E-state index is -0.770. The molecule has 16 heavy (non-hydrogen) atoms. The Labute approximate surface area is 93.7 Å². The summed E-state index contributed by atoms with van der Waals surface area (Å²) < 4.78 is 0. The Hall–Kier alpha value is -1.90. The molecule has 0 fully saturated rings. The van der Waals surface area contributed by atoms with Crippen LogP contribution in [0.4, 0.5) is 0 Å². The van der Waals surface area contributed by atoms with Gasteiger partial charge in [0.25, 0.3) is 0 Å². The van der Waals surface area contributed by atoms with Gasteiger partial charge in [0.15, 0.2) is 0 Å². The van der Waals surface area contributed by atoms with Crippen LogP contribution < -0.4 is 0 Å². The van der Waals surface area contributed by atoms with Crippen LogP contribution in [-0.2, 0) is 11.2 Å². The molecule has 3 heteroatoms. The van der Waals surface area contributed by atoms with Crippen LogP contribution in [0.25, 0.3) is 10.9 Å². The molecule has 0 saturated heterocycles. The fourth-order valence-electron chi connectivity index (χ4n) is 1.67. The van der Waals surface area contributed by atoms with Crippen molar-refractivity contribution in [3.63, 3.8) is 0 Å². The molecule has 1 aromatic heterocycles. The van der Waals surface area contributed by atoms with Crippen molar-refractivity contribution in [2.45, 2.75) is 13.3 Å². The van der Waals surface area contributed by atoms with E-state index in [1.54, 1.807) is 13.1 Å². The molecule has 0 aliphatic rings. The van der Waals surface area contributed by atoms with Gasteiger partial charge < -0.3 is 5.11 Å². The SMILES string of the molecule is C[C@@H](Cc1cnc2ccccc2c1)C(=O)O. The van der Waals surface area contributed by atoms with Crippen LogP contribution in [0.1, 0.15) is 12.5 Å². The molecular formula is C13H13NO2. The van der Waals surface area contributed by atoms with Crippen molar-refractivity contribution in [3.05, 3.63) is 42.1 Å². The molecule has 2 rings (SSSR count). The molecule has 3 nitrogen and oxygen atoms in total. The average molecular weight is 215 g/mol. The second kappa shape index (κ2) is 4.31. The first-order valence-electron chi connectivity index (χ1n) is 5.23. The summed E-state index contributed by atoms with van der Waals surface area (Å²) in [4.78, 5) is 15.0. The summed E-state index contributed by atoms with van der Waals surface area (Å²) >= 11 is 0. The summed E-state index contributed by atoms with van der Waals surface area (Å²) in [5.74, 6) is -1.14. The smallest absolute Gasteiger partial charge is 0.306 e. The summed E-state index contributed by atoms with van der Waals surface area (Å²) in [6.07, 6.45) is 2.27. The van der Waals surface area contributed by atoms with E-state index in [-0.39, 0.29) is 5.92 Å². The van der Waals surface area contributed by atoms with E-state index in [1.807, 2.05) is 30.3 Å². The molecule has 0 saturated carbocycles. The highest BCUT2D eigenvalue weighted by Crippen LogP contribution is 2.15. The first kappa shape index (κ1) is 10.6. The number of hydrogen-bond acceptors (Lipinski definition) is 2. The maximum atomic E-state index is 10.7. The van der Waals surface area contributed by atoms with Crippen LogP contribution in [0.2, 0.25) is 0 Å². The van der Waals surface area contributed by atoms with Gasteiger partial charge in [0.05, 0.1) is 11.4 Å². The van der Waals surface area contributed by atoms with E-state index in [9.17, 15) is 4.79 Å². The predicted molar refractivity (Wildman–Crippen MR) is 62.2 cm³/mol. The first-order chi connectivity index (χ1) is 7.66. The molecule has 0 bridgehead atoms. The largest absolute Gasteiger partial charge is 0.481 e. The van der Waals surface area contributed by atoms with Crippen LogP contribution in [0, 0.1) is 5.92 Å². The van der Waals surface area contributed by atoms with Gasteiger partial charge in [-0.05, 0) is 24.1 Å². The number of hydrogen-bond donors (Lipinski definition) is 1. The third-order valence-corrected chi connectivity index (χ3v) is 2.61. The van der Waals surface area contributed by atoms with Gasteiger partial charge in [-0.3, -0.25) is 9.78 Å². The number of carboxylic acid groups (broad SMARTS) is 1. The number of aliphatic carboxylic acids is 1. The molecule has 1 aromatic carbocycles. The van der Waals surface area contributed by atoms with Crippen molar-refractivity contribution >= 4 is 16.9 Å². The lowest BCUT2D eigenvalue weighted by Crippen LogP contribution is -2.12. The summed E-state index contributed by atoms with van der Waals surface area (Å²) in [7, 11) is 0. The highest BCUT2D eigenvalue weighted by atomic mass is 16.4. The predicted octanol–water partition coefficient (Wildman–Crippen LogP) is 2.50. The normalized spacial score (nSPS) is 12.6. The fourth-order valence-corrected chi connectivity index (χ4v) is 1.67. The number of carbonyl (C=O) groups is 1. The van der Waals surface area contributed by atoms with Gasteiger partial charge in [-0.25, -0.2) is 0 Å². The van der Waals surface area contributed by atoms with Crippen molar-refractivity contribution in [2.75, 3.05) is 0 Å². The Morgan fingerprint density at radius 1 is 1.44 bits per heavy atom. The minimum absolute atomic E-state index is 0.372. The van der Waals surface area contributed by atoms with Crippen molar-refractivity contribution in [1.82, 2.24) is 4.98 Å². The number of nitrogens with zero attached hydrogens (tertiary/aromatic N) is 1. The number of pyridine rings is 1. The quantitative estimate of drug-likeness (QED) is 0.855. The van der Waals surface area contributed by atoms with Crippen LogP contribution in [0.15, 0.2) is 36.5 Å². The van der Waals surface area contributed by atoms with E-state index >= 15 is 0 Å². The molecule has 1 N–H and O–H groups in total. The standard InChI is InChI=1S/C13H13NO2/c1-9(13(15)16)6-10-7-11-4-2-3-5-12(11)14-8-10/h2-5,7-9H,6H2,1H3,(H,15,16)/t9-/m0/s1. The number of carboxylic acids is 1. The number of para-hydroxylation sites is 1.